The van der Waals surface area contributed by atoms with Crippen LogP contribution in [0.15, 0.2) is 66.0 Å². The van der Waals surface area contributed by atoms with Crippen molar-refractivity contribution < 1.29 is 23.2 Å². The lowest BCUT2D eigenvalue weighted by Crippen LogP contribution is -3.06. The summed E-state index contributed by atoms with van der Waals surface area (Å²) >= 11 is 14.0. The summed E-state index contributed by atoms with van der Waals surface area (Å²) in [7, 11) is 5.52. The van der Waals surface area contributed by atoms with Crippen molar-refractivity contribution in [2.24, 2.45) is 0 Å². The second-order valence-corrected chi connectivity index (χ2v) is 12.4. The monoisotopic (exact) mass is 633 g/mol. The molecule has 1 aromatic heterocycles. The number of nitrogens with one attached hydrogen (secondary N) is 2. The second kappa shape index (κ2) is 13.5. The van der Waals surface area contributed by atoms with Gasteiger partial charge in [0.1, 0.15) is 17.4 Å². The molecule has 0 aliphatic heterocycles. The lowest BCUT2D eigenvalue weighted by Gasteiger charge is -2.28. The second-order valence-electron chi connectivity index (χ2n) is 10.6. The van der Waals surface area contributed by atoms with Gasteiger partial charge in [0.2, 0.25) is 0 Å². The van der Waals surface area contributed by atoms with Crippen molar-refractivity contribution in [3.63, 3.8) is 0 Å². The Morgan fingerprint density at radius 3 is 2.43 bits per heavy atom. The number of thioether (sulfide) groups is 1. The molecule has 11 heteroatoms. The van der Waals surface area contributed by atoms with E-state index in [0.717, 1.165) is 17.8 Å². The number of carbonyl (C=O) groups excluding carboxylic acids is 1. The molecule has 1 heterocycles. The van der Waals surface area contributed by atoms with Crippen LogP contribution in [-0.2, 0) is 11.2 Å². The van der Waals surface area contributed by atoms with Crippen molar-refractivity contribution in [3.05, 3.63) is 105 Å². The summed E-state index contributed by atoms with van der Waals surface area (Å²) in [5, 5.41) is 4.00. The van der Waals surface area contributed by atoms with Crippen LogP contribution < -0.4 is 15.0 Å². The summed E-state index contributed by atoms with van der Waals surface area (Å²) in [6, 6.07) is 14.4. The van der Waals surface area contributed by atoms with Gasteiger partial charge in [-0.3, -0.25) is 9.36 Å². The van der Waals surface area contributed by atoms with Crippen LogP contribution in [0, 0.1) is 11.6 Å². The number of likely N-dealkylation sites (N-methyl/N-ethyl adjacent to an activating group) is 1. The van der Waals surface area contributed by atoms with E-state index in [9.17, 15) is 9.18 Å². The standard InChI is InChI=1S/C31H32Cl2F2N4O2S/c1-31(2,20-6-11-24(32)27(16-20)41-5)28-17-37-30(39(28)22-9-7-21(34)8-10-22)42-18-23-25(33)14-19(15-26(23)35)29(40)36-12-13-38(3)4/h6-11,14-17H,12-13,18H2,1-5H3,(H,36,40)/p+1. The Morgan fingerprint density at radius 1 is 1.07 bits per heavy atom. The molecule has 0 saturated heterocycles. The molecule has 4 rings (SSSR count). The minimum absolute atomic E-state index is 0.152. The number of hydrogen-bond acceptors (Lipinski definition) is 4. The zero-order valence-electron chi connectivity index (χ0n) is 24.0. The lowest BCUT2D eigenvalue weighted by molar-refractivity contribution is -0.856. The summed E-state index contributed by atoms with van der Waals surface area (Å²) in [4.78, 5) is 18.4. The Kier molecular flexibility index (Phi) is 10.2. The van der Waals surface area contributed by atoms with Gasteiger partial charge >= 0.3 is 0 Å². The van der Waals surface area contributed by atoms with Gasteiger partial charge in [0.05, 0.1) is 51.2 Å². The molecule has 0 aliphatic rings. The van der Waals surface area contributed by atoms with Gasteiger partial charge in [-0.15, -0.1) is 0 Å². The molecule has 0 atom stereocenters. The van der Waals surface area contributed by atoms with Crippen LogP contribution in [-0.4, -0.2) is 49.8 Å². The number of hydrogen-bond donors (Lipinski definition) is 2. The van der Waals surface area contributed by atoms with Crippen molar-refractivity contribution in [2.75, 3.05) is 34.3 Å². The first-order valence-corrected chi connectivity index (χ1v) is 15.0. The molecular weight excluding hydrogens is 601 g/mol. The van der Waals surface area contributed by atoms with Crippen molar-refractivity contribution in [1.29, 1.82) is 0 Å². The molecule has 0 bridgehead atoms. The number of carbonyl (C=O) groups is 1. The van der Waals surface area contributed by atoms with Crippen LogP contribution in [0.3, 0.4) is 0 Å². The number of imidazole rings is 1. The molecule has 0 aliphatic carbocycles. The smallest absolute Gasteiger partial charge is 0.251 e. The SMILES string of the molecule is COc1cc(C(C)(C)c2cnc(SCc3c(F)cc(C(=O)NCC[NH+](C)C)cc3Cl)n2-c2ccc(F)cc2)ccc1Cl. The summed E-state index contributed by atoms with van der Waals surface area (Å²) in [6.07, 6.45) is 1.76. The third-order valence-electron chi connectivity index (χ3n) is 6.99. The third-order valence-corrected chi connectivity index (χ3v) is 8.62. The summed E-state index contributed by atoms with van der Waals surface area (Å²) < 4.78 is 36.5. The van der Waals surface area contributed by atoms with Crippen molar-refractivity contribution in [2.45, 2.75) is 30.2 Å². The first-order chi connectivity index (χ1) is 19.9. The molecule has 42 heavy (non-hydrogen) atoms. The van der Waals surface area contributed by atoms with Crippen LogP contribution in [0.25, 0.3) is 5.69 Å². The Hall–Kier alpha value is -3.11. The average Bonchev–Trinajstić information content (AvgIpc) is 3.37. The number of quaternary nitrogens is 1. The van der Waals surface area contributed by atoms with E-state index in [2.05, 4.69) is 10.3 Å². The fourth-order valence-electron chi connectivity index (χ4n) is 4.45. The van der Waals surface area contributed by atoms with Crippen LogP contribution in [0.4, 0.5) is 8.78 Å². The average molecular weight is 635 g/mol. The first kappa shape index (κ1) is 31.8. The molecule has 3 aromatic carbocycles. The van der Waals surface area contributed by atoms with Gasteiger partial charge in [0.25, 0.3) is 5.91 Å². The van der Waals surface area contributed by atoms with Gasteiger partial charge in [-0.2, -0.15) is 0 Å². The van der Waals surface area contributed by atoms with Crippen molar-refractivity contribution in [1.82, 2.24) is 14.9 Å². The Morgan fingerprint density at radius 2 is 1.79 bits per heavy atom. The quantitative estimate of drug-likeness (QED) is 0.200. The van der Waals surface area contributed by atoms with E-state index >= 15 is 4.39 Å². The fraction of sp³-hybridized carbons (Fsp3) is 0.290. The Bertz CT molecular complexity index is 1550. The largest absolute Gasteiger partial charge is 0.495 e. The molecule has 4 aromatic rings. The van der Waals surface area contributed by atoms with E-state index in [1.165, 1.54) is 40.9 Å². The first-order valence-electron chi connectivity index (χ1n) is 13.3. The highest BCUT2D eigenvalue weighted by atomic mass is 35.5. The predicted octanol–water partition coefficient (Wildman–Crippen LogP) is 5.96. The molecular formula is C31H33Cl2F2N4O2S+. The number of halogens is 4. The summed E-state index contributed by atoms with van der Waals surface area (Å²) in [5.41, 5.74) is 2.28. The molecule has 0 unspecified atom stereocenters. The maximum absolute atomic E-state index is 15.2. The van der Waals surface area contributed by atoms with E-state index in [0.29, 0.717) is 28.2 Å². The highest BCUT2D eigenvalue weighted by molar-refractivity contribution is 7.98. The van der Waals surface area contributed by atoms with Crippen LogP contribution in [0.5, 0.6) is 5.75 Å². The molecule has 0 spiro atoms. The van der Waals surface area contributed by atoms with Gasteiger partial charge in [-0.25, -0.2) is 13.8 Å². The maximum Gasteiger partial charge on any atom is 0.251 e. The van der Waals surface area contributed by atoms with Gasteiger partial charge in [0, 0.05) is 33.0 Å². The molecule has 6 nitrogen and oxygen atoms in total. The number of methoxy groups -OCH3 is 1. The van der Waals surface area contributed by atoms with Gasteiger partial charge < -0.3 is 15.0 Å². The molecule has 0 radical (unpaired) electrons. The van der Waals surface area contributed by atoms with Crippen molar-refractivity contribution >= 4 is 40.9 Å². The molecule has 222 valence electrons. The normalized spacial score (nSPS) is 11.7. The van der Waals surface area contributed by atoms with E-state index in [1.54, 1.807) is 31.5 Å². The van der Waals surface area contributed by atoms with E-state index in [-0.39, 0.29) is 33.6 Å². The van der Waals surface area contributed by atoms with Crippen LogP contribution >= 0.6 is 35.0 Å². The zero-order chi connectivity index (χ0) is 30.6. The van der Waals surface area contributed by atoms with Crippen LogP contribution in [0.2, 0.25) is 10.0 Å². The van der Waals surface area contributed by atoms with Gasteiger partial charge in [-0.05, 0) is 54.1 Å². The van der Waals surface area contributed by atoms with Gasteiger partial charge in [-0.1, -0.05) is 54.9 Å². The number of amides is 1. The number of benzene rings is 3. The van der Waals surface area contributed by atoms with Crippen molar-refractivity contribution in [3.8, 4) is 11.4 Å². The number of ether oxygens (including phenoxy) is 1. The lowest BCUT2D eigenvalue weighted by atomic mass is 9.81. The highest BCUT2D eigenvalue weighted by Crippen LogP contribution is 2.39. The Labute approximate surface area is 259 Å². The predicted molar refractivity (Wildman–Crippen MR) is 165 cm³/mol. The summed E-state index contributed by atoms with van der Waals surface area (Å²) in [5.74, 6) is -0.618. The maximum atomic E-state index is 15.2. The topological polar surface area (TPSA) is 60.6 Å². The molecule has 0 saturated carbocycles. The number of rotatable bonds is 11. The molecule has 1 amide bonds. The molecule has 2 N–H and O–H groups in total. The Balaban J connectivity index is 1.66. The number of aromatic nitrogens is 2. The third kappa shape index (κ3) is 7.09. The zero-order valence-corrected chi connectivity index (χ0v) is 26.4. The van der Waals surface area contributed by atoms with E-state index in [1.807, 2.05) is 44.6 Å². The number of nitrogens with zero attached hydrogens (tertiary/aromatic N) is 2. The van der Waals surface area contributed by atoms with E-state index in [4.69, 9.17) is 27.9 Å². The minimum atomic E-state index is -0.579. The van der Waals surface area contributed by atoms with E-state index < -0.39 is 11.2 Å². The molecule has 0 fully saturated rings. The summed E-state index contributed by atoms with van der Waals surface area (Å²) in [6.45, 7) is 5.29. The van der Waals surface area contributed by atoms with Gasteiger partial charge in [0.15, 0.2) is 5.16 Å². The van der Waals surface area contributed by atoms with Crippen LogP contribution in [0.1, 0.15) is 41.0 Å². The minimum Gasteiger partial charge on any atom is -0.495 e. The fourth-order valence-corrected chi connectivity index (χ4v) is 6.03. The highest BCUT2D eigenvalue weighted by Gasteiger charge is 2.30.